The van der Waals surface area contributed by atoms with Gasteiger partial charge in [0, 0.05) is 36.2 Å². The molecule has 3 rings (SSSR count). The molecule has 0 spiro atoms. The summed E-state index contributed by atoms with van der Waals surface area (Å²) in [5.41, 5.74) is 1.23. The van der Waals surface area contributed by atoms with Gasteiger partial charge in [-0.3, -0.25) is 4.90 Å². The number of ether oxygens (including phenoxy) is 1. The van der Waals surface area contributed by atoms with Gasteiger partial charge in [-0.15, -0.1) is 0 Å². The molecule has 2 aromatic heterocycles. The van der Waals surface area contributed by atoms with Crippen LogP contribution in [0.25, 0.3) is 0 Å². The van der Waals surface area contributed by atoms with Crippen LogP contribution in [0.15, 0.2) is 18.6 Å². The summed E-state index contributed by atoms with van der Waals surface area (Å²) in [6.07, 6.45) is 5.58. The van der Waals surface area contributed by atoms with Gasteiger partial charge in [0.1, 0.15) is 11.6 Å². The zero-order valence-corrected chi connectivity index (χ0v) is 12.9. The SMILES string of the molecule is CC(C)(C)c1cnc([C@@H]2COCCN2Cc2ncc[nH]2)[nH]1. The molecule has 114 valence electrons. The normalized spacial score (nSPS) is 20.8. The third-order valence-corrected chi connectivity index (χ3v) is 3.87. The van der Waals surface area contributed by atoms with Crippen LogP contribution in [0.4, 0.5) is 0 Å². The van der Waals surface area contributed by atoms with Crippen molar-refractivity contribution in [2.24, 2.45) is 0 Å². The van der Waals surface area contributed by atoms with Gasteiger partial charge in [-0.2, -0.15) is 0 Å². The molecule has 1 aliphatic heterocycles. The number of H-pyrrole nitrogens is 2. The van der Waals surface area contributed by atoms with Crippen molar-refractivity contribution in [1.29, 1.82) is 0 Å². The van der Waals surface area contributed by atoms with Crippen LogP contribution in [0.5, 0.6) is 0 Å². The topological polar surface area (TPSA) is 69.8 Å². The van der Waals surface area contributed by atoms with E-state index >= 15 is 0 Å². The molecule has 1 atom stereocenters. The maximum absolute atomic E-state index is 5.65. The molecule has 6 heteroatoms. The molecule has 3 heterocycles. The lowest BCUT2D eigenvalue weighted by atomic mass is 9.93. The maximum Gasteiger partial charge on any atom is 0.126 e. The van der Waals surface area contributed by atoms with Crippen LogP contribution in [0.3, 0.4) is 0 Å². The third kappa shape index (κ3) is 3.16. The Balaban J connectivity index is 1.79. The van der Waals surface area contributed by atoms with Crippen molar-refractivity contribution in [3.63, 3.8) is 0 Å². The zero-order valence-electron chi connectivity index (χ0n) is 12.9. The molecule has 0 amide bonds. The minimum absolute atomic E-state index is 0.0760. The summed E-state index contributed by atoms with van der Waals surface area (Å²) in [5.74, 6) is 1.95. The number of imidazole rings is 2. The average molecular weight is 289 g/mol. The lowest BCUT2D eigenvalue weighted by Crippen LogP contribution is -2.39. The fourth-order valence-corrected chi connectivity index (χ4v) is 2.54. The minimum Gasteiger partial charge on any atom is -0.378 e. The number of aromatic nitrogens is 4. The predicted molar refractivity (Wildman–Crippen MR) is 79.8 cm³/mol. The first-order chi connectivity index (χ1) is 10.0. The Morgan fingerprint density at radius 3 is 2.90 bits per heavy atom. The second-order valence-electron chi connectivity index (χ2n) is 6.53. The van der Waals surface area contributed by atoms with Crippen molar-refractivity contribution < 1.29 is 4.74 Å². The highest BCUT2D eigenvalue weighted by Gasteiger charge is 2.28. The Bertz CT molecular complexity index is 569. The molecule has 1 saturated heterocycles. The molecule has 0 bridgehead atoms. The van der Waals surface area contributed by atoms with Gasteiger partial charge in [0.05, 0.1) is 25.8 Å². The fourth-order valence-electron chi connectivity index (χ4n) is 2.54. The van der Waals surface area contributed by atoms with E-state index in [0.717, 1.165) is 37.0 Å². The number of hydrogen-bond acceptors (Lipinski definition) is 4. The first-order valence-corrected chi connectivity index (χ1v) is 7.39. The third-order valence-electron chi connectivity index (χ3n) is 3.87. The Morgan fingerprint density at radius 1 is 1.38 bits per heavy atom. The van der Waals surface area contributed by atoms with E-state index in [-0.39, 0.29) is 11.5 Å². The van der Waals surface area contributed by atoms with E-state index < -0.39 is 0 Å². The molecular weight excluding hydrogens is 266 g/mol. The molecule has 0 radical (unpaired) electrons. The van der Waals surface area contributed by atoms with E-state index in [1.165, 1.54) is 0 Å². The summed E-state index contributed by atoms with van der Waals surface area (Å²) in [7, 11) is 0. The van der Waals surface area contributed by atoms with Crippen molar-refractivity contribution in [3.8, 4) is 0 Å². The Kier molecular flexibility index (Phi) is 3.82. The summed E-state index contributed by atoms with van der Waals surface area (Å²) in [4.78, 5) is 17.9. The van der Waals surface area contributed by atoms with E-state index in [9.17, 15) is 0 Å². The quantitative estimate of drug-likeness (QED) is 0.907. The van der Waals surface area contributed by atoms with Crippen LogP contribution >= 0.6 is 0 Å². The monoisotopic (exact) mass is 289 g/mol. The van der Waals surface area contributed by atoms with Crippen LogP contribution in [0.2, 0.25) is 0 Å². The highest BCUT2D eigenvalue weighted by molar-refractivity contribution is 5.13. The number of rotatable bonds is 3. The second kappa shape index (κ2) is 5.61. The standard InChI is InChI=1S/C15H23N5O/c1-15(2,3)12-8-18-14(19-12)11-10-21-7-6-20(11)9-13-16-4-5-17-13/h4-5,8,11H,6-7,9-10H2,1-3H3,(H,16,17)(H,18,19)/t11-/m0/s1. The molecule has 6 nitrogen and oxygen atoms in total. The van der Waals surface area contributed by atoms with Gasteiger partial charge in [-0.05, 0) is 0 Å². The largest absolute Gasteiger partial charge is 0.378 e. The summed E-state index contributed by atoms with van der Waals surface area (Å²) in [6, 6.07) is 0.153. The number of aromatic amines is 2. The molecule has 0 unspecified atom stereocenters. The fraction of sp³-hybridized carbons (Fsp3) is 0.600. The van der Waals surface area contributed by atoms with Crippen LogP contribution in [-0.4, -0.2) is 44.6 Å². The van der Waals surface area contributed by atoms with E-state index in [1.807, 2.05) is 12.4 Å². The lowest BCUT2D eigenvalue weighted by Gasteiger charge is -2.33. The summed E-state index contributed by atoms with van der Waals surface area (Å²) in [6.45, 7) is 9.64. The van der Waals surface area contributed by atoms with Crippen LogP contribution in [0, 0.1) is 0 Å². The Morgan fingerprint density at radius 2 is 2.24 bits per heavy atom. The molecule has 21 heavy (non-hydrogen) atoms. The molecule has 1 fully saturated rings. The van der Waals surface area contributed by atoms with Crippen molar-refractivity contribution in [3.05, 3.63) is 35.9 Å². The Labute approximate surface area is 124 Å². The Hall–Kier alpha value is -1.66. The predicted octanol–water partition coefficient (Wildman–Crippen LogP) is 2.00. The van der Waals surface area contributed by atoms with Crippen LogP contribution in [0.1, 0.15) is 44.2 Å². The average Bonchev–Trinajstić information content (AvgIpc) is 3.09. The number of morpholine rings is 1. The highest BCUT2D eigenvalue weighted by atomic mass is 16.5. The van der Waals surface area contributed by atoms with Crippen LogP contribution < -0.4 is 0 Å². The first kappa shape index (κ1) is 14.3. The van der Waals surface area contributed by atoms with E-state index in [0.29, 0.717) is 6.61 Å². The van der Waals surface area contributed by atoms with Crippen molar-refractivity contribution >= 4 is 0 Å². The van der Waals surface area contributed by atoms with E-state index in [1.54, 1.807) is 6.20 Å². The van der Waals surface area contributed by atoms with Gasteiger partial charge in [-0.25, -0.2) is 9.97 Å². The smallest absolute Gasteiger partial charge is 0.126 e. The lowest BCUT2D eigenvalue weighted by molar-refractivity contribution is -0.0167. The molecule has 0 aromatic carbocycles. The summed E-state index contributed by atoms with van der Waals surface area (Å²) in [5, 5.41) is 0. The molecule has 0 aliphatic carbocycles. The highest BCUT2D eigenvalue weighted by Crippen LogP contribution is 2.26. The van der Waals surface area contributed by atoms with Gasteiger partial charge >= 0.3 is 0 Å². The van der Waals surface area contributed by atoms with Crippen LogP contribution in [-0.2, 0) is 16.7 Å². The molecule has 2 aromatic rings. The van der Waals surface area contributed by atoms with Crippen molar-refractivity contribution in [1.82, 2.24) is 24.8 Å². The first-order valence-electron chi connectivity index (χ1n) is 7.39. The van der Waals surface area contributed by atoms with Gasteiger partial charge < -0.3 is 14.7 Å². The van der Waals surface area contributed by atoms with Gasteiger partial charge in [0.2, 0.25) is 0 Å². The molecule has 0 saturated carbocycles. The van der Waals surface area contributed by atoms with Crippen molar-refractivity contribution in [2.75, 3.05) is 19.8 Å². The second-order valence-corrected chi connectivity index (χ2v) is 6.53. The number of nitrogens with one attached hydrogen (secondary N) is 2. The van der Waals surface area contributed by atoms with Gasteiger partial charge in [-0.1, -0.05) is 20.8 Å². The molecular formula is C15H23N5O. The zero-order chi connectivity index (χ0) is 14.9. The number of nitrogens with zero attached hydrogens (tertiary/aromatic N) is 3. The van der Waals surface area contributed by atoms with E-state index in [2.05, 4.69) is 45.6 Å². The van der Waals surface area contributed by atoms with Crippen molar-refractivity contribution in [2.45, 2.75) is 38.8 Å². The van der Waals surface area contributed by atoms with E-state index in [4.69, 9.17) is 4.74 Å². The van der Waals surface area contributed by atoms with Gasteiger partial charge in [0.15, 0.2) is 0 Å². The van der Waals surface area contributed by atoms with Gasteiger partial charge in [0.25, 0.3) is 0 Å². The maximum atomic E-state index is 5.65. The summed E-state index contributed by atoms with van der Waals surface area (Å²) < 4.78 is 5.65. The minimum atomic E-state index is 0.0760. The number of hydrogen-bond donors (Lipinski definition) is 2. The molecule has 1 aliphatic rings. The molecule has 2 N–H and O–H groups in total. The summed E-state index contributed by atoms with van der Waals surface area (Å²) >= 11 is 0.